The molecule has 2 N–H and O–H groups in total. The normalized spacial score (nSPS) is 40.0. The maximum Gasteiger partial charge on any atom is -0.000907 e. The number of fused-ring (bicyclic) bond motifs is 2. The van der Waals surface area contributed by atoms with Crippen molar-refractivity contribution < 1.29 is 0 Å². The van der Waals surface area contributed by atoms with Gasteiger partial charge in [0.1, 0.15) is 0 Å². The van der Waals surface area contributed by atoms with E-state index in [4.69, 9.17) is 0 Å². The van der Waals surface area contributed by atoms with E-state index in [9.17, 15) is 0 Å². The number of hydrogen-bond donors (Lipinski definition) is 2. The average molecular weight is 331 g/mol. The minimum Gasteiger partial charge on any atom is -0.316 e. The van der Waals surface area contributed by atoms with Crippen molar-refractivity contribution in [2.45, 2.75) is 0 Å². The summed E-state index contributed by atoms with van der Waals surface area (Å²) in [6.07, 6.45) is 0. The van der Waals surface area contributed by atoms with Gasteiger partial charge in [-0.3, -0.25) is 0 Å². The molecule has 4 fully saturated rings. The molecule has 0 aromatic rings. The third-order valence-electron chi connectivity index (χ3n) is 4.29. The second kappa shape index (κ2) is 8.48. The van der Waals surface area contributed by atoms with Crippen LogP contribution in [0.25, 0.3) is 0 Å². The van der Waals surface area contributed by atoms with Crippen LogP contribution in [0.15, 0.2) is 0 Å². The number of hydrogen-bond acceptors (Lipinski definition) is 4. The standard InChI is InChI=1S/2C6H11NS.2ClH/c2*1-5-3-8-4-6(5)2-7-1;;/h2*5-7H,1-4H2;2*1H/t2*5-,6+;;. The molecule has 0 aromatic heterocycles. The van der Waals surface area contributed by atoms with Crippen LogP contribution in [0, 0.1) is 23.7 Å². The van der Waals surface area contributed by atoms with E-state index < -0.39 is 0 Å². The van der Waals surface area contributed by atoms with Crippen molar-refractivity contribution >= 4 is 48.3 Å². The van der Waals surface area contributed by atoms with E-state index in [-0.39, 0.29) is 24.8 Å². The van der Waals surface area contributed by atoms with Crippen LogP contribution in [-0.4, -0.2) is 49.2 Å². The average Bonchev–Trinajstić information content (AvgIpc) is 2.99. The van der Waals surface area contributed by atoms with Crippen LogP contribution in [0.2, 0.25) is 0 Å². The molecule has 18 heavy (non-hydrogen) atoms. The largest absolute Gasteiger partial charge is 0.316 e. The zero-order valence-corrected chi connectivity index (χ0v) is 13.9. The summed E-state index contributed by atoms with van der Waals surface area (Å²) < 4.78 is 0. The first kappa shape index (κ1) is 17.3. The third-order valence-corrected chi connectivity index (χ3v) is 6.94. The van der Waals surface area contributed by atoms with Gasteiger partial charge in [0.05, 0.1) is 0 Å². The van der Waals surface area contributed by atoms with Gasteiger partial charge < -0.3 is 10.6 Å². The van der Waals surface area contributed by atoms with E-state index in [1.165, 1.54) is 49.2 Å². The molecule has 0 unspecified atom stereocenters. The van der Waals surface area contributed by atoms with Crippen LogP contribution >= 0.6 is 48.3 Å². The Balaban J connectivity index is 0.000000162. The Bertz CT molecular complexity index is 182. The Morgan fingerprint density at radius 3 is 1.11 bits per heavy atom. The molecule has 0 aliphatic carbocycles. The zero-order chi connectivity index (χ0) is 10.8. The second-order valence-corrected chi connectivity index (χ2v) is 7.58. The van der Waals surface area contributed by atoms with Gasteiger partial charge in [-0.2, -0.15) is 23.5 Å². The molecule has 4 rings (SSSR count). The van der Waals surface area contributed by atoms with Crippen LogP contribution in [0.1, 0.15) is 0 Å². The molecule has 0 saturated carbocycles. The first-order valence-corrected chi connectivity index (χ1v) is 8.81. The monoisotopic (exact) mass is 330 g/mol. The van der Waals surface area contributed by atoms with Gasteiger partial charge in [-0.1, -0.05) is 0 Å². The fraction of sp³-hybridized carbons (Fsp3) is 1.00. The Labute approximate surface area is 131 Å². The summed E-state index contributed by atoms with van der Waals surface area (Å²) in [5.74, 6) is 9.77. The molecule has 0 amide bonds. The van der Waals surface area contributed by atoms with Gasteiger partial charge in [0.15, 0.2) is 0 Å². The van der Waals surface area contributed by atoms with Gasteiger partial charge in [-0.05, 0) is 72.9 Å². The summed E-state index contributed by atoms with van der Waals surface area (Å²) in [5.41, 5.74) is 0. The maximum absolute atomic E-state index is 3.41. The van der Waals surface area contributed by atoms with Crippen molar-refractivity contribution in [3.05, 3.63) is 0 Å². The van der Waals surface area contributed by atoms with Gasteiger partial charge in [0.2, 0.25) is 0 Å². The van der Waals surface area contributed by atoms with Gasteiger partial charge in [-0.25, -0.2) is 0 Å². The quantitative estimate of drug-likeness (QED) is 0.709. The SMILES string of the molecule is C1NC[C@H]2CSC[C@@H]12.C1NC[C@H]2CSC[C@@H]12.Cl.Cl. The summed E-state index contributed by atoms with van der Waals surface area (Å²) in [4.78, 5) is 0. The van der Waals surface area contributed by atoms with Crippen molar-refractivity contribution in [2.75, 3.05) is 49.2 Å². The van der Waals surface area contributed by atoms with E-state index in [0.29, 0.717) is 0 Å². The van der Waals surface area contributed by atoms with Crippen LogP contribution in [-0.2, 0) is 0 Å². The summed E-state index contributed by atoms with van der Waals surface area (Å²) in [7, 11) is 0. The van der Waals surface area contributed by atoms with E-state index >= 15 is 0 Å². The first-order chi connectivity index (χ1) is 7.93. The summed E-state index contributed by atoms with van der Waals surface area (Å²) in [6, 6.07) is 0. The van der Waals surface area contributed by atoms with Crippen LogP contribution in [0.3, 0.4) is 0 Å². The minimum atomic E-state index is 0. The fourth-order valence-corrected chi connectivity index (χ4v) is 6.14. The van der Waals surface area contributed by atoms with E-state index in [1.807, 2.05) is 0 Å². The molecule has 2 nitrogen and oxygen atoms in total. The minimum absolute atomic E-state index is 0. The molecule has 4 atom stereocenters. The molecule has 0 bridgehead atoms. The molecular weight excluding hydrogens is 307 g/mol. The molecule has 6 heteroatoms. The maximum atomic E-state index is 3.41. The van der Waals surface area contributed by atoms with Crippen molar-refractivity contribution in [3.63, 3.8) is 0 Å². The number of thioether (sulfide) groups is 2. The highest BCUT2D eigenvalue weighted by molar-refractivity contribution is 7.99. The lowest BCUT2D eigenvalue weighted by Crippen LogP contribution is -2.09. The second-order valence-electron chi connectivity index (χ2n) is 5.43. The Morgan fingerprint density at radius 1 is 0.556 bits per heavy atom. The third kappa shape index (κ3) is 4.10. The van der Waals surface area contributed by atoms with Crippen LogP contribution < -0.4 is 10.6 Å². The lowest BCUT2D eigenvalue weighted by molar-refractivity contribution is 0.533. The lowest BCUT2D eigenvalue weighted by Gasteiger charge is -2.01. The Kier molecular flexibility index (Phi) is 8.13. The molecule has 4 aliphatic heterocycles. The number of nitrogens with one attached hydrogen (secondary N) is 2. The van der Waals surface area contributed by atoms with Gasteiger partial charge in [0, 0.05) is 0 Å². The highest BCUT2D eigenvalue weighted by atomic mass is 35.5. The molecule has 4 saturated heterocycles. The van der Waals surface area contributed by atoms with Crippen molar-refractivity contribution in [1.82, 2.24) is 10.6 Å². The van der Waals surface area contributed by atoms with E-state index in [0.717, 1.165) is 23.7 Å². The van der Waals surface area contributed by atoms with Gasteiger partial charge in [-0.15, -0.1) is 24.8 Å². The van der Waals surface area contributed by atoms with E-state index in [1.54, 1.807) is 0 Å². The van der Waals surface area contributed by atoms with Crippen molar-refractivity contribution in [1.29, 1.82) is 0 Å². The summed E-state index contributed by atoms with van der Waals surface area (Å²) in [6.45, 7) is 5.16. The topological polar surface area (TPSA) is 24.1 Å². The molecule has 0 radical (unpaired) electrons. The first-order valence-electron chi connectivity index (χ1n) is 6.50. The molecule has 4 heterocycles. The highest BCUT2D eigenvalue weighted by Gasteiger charge is 2.32. The van der Waals surface area contributed by atoms with Crippen LogP contribution in [0.4, 0.5) is 0 Å². The van der Waals surface area contributed by atoms with Gasteiger partial charge in [0.25, 0.3) is 0 Å². The smallest absolute Gasteiger partial charge is 0.000907 e. The van der Waals surface area contributed by atoms with E-state index in [2.05, 4.69) is 34.2 Å². The predicted octanol–water partition coefficient (Wildman–Crippen LogP) is 1.98. The highest BCUT2D eigenvalue weighted by Crippen LogP contribution is 2.32. The molecule has 108 valence electrons. The van der Waals surface area contributed by atoms with Crippen LogP contribution in [0.5, 0.6) is 0 Å². The number of rotatable bonds is 0. The molecule has 0 spiro atoms. The number of halogens is 2. The van der Waals surface area contributed by atoms with Gasteiger partial charge >= 0.3 is 0 Å². The fourth-order valence-electron chi connectivity index (χ4n) is 3.10. The molecule has 0 aromatic carbocycles. The summed E-state index contributed by atoms with van der Waals surface area (Å²) in [5, 5.41) is 6.82. The predicted molar refractivity (Wildman–Crippen MR) is 88.8 cm³/mol. The summed E-state index contributed by atoms with van der Waals surface area (Å²) >= 11 is 4.25. The molecule has 4 aliphatic rings. The zero-order valence-electron chi connectivity index (χ0n) is 10.6. The lowest BCUT2D eigenvalue weighted by atomic mass is 10.0. The molecular formula is C12H24Cl2N2S2. The Morgan fingerprint density at radius 2 is 0.833 bits per heavy atom. The van der Waals surface area contributed by atoms with Crippen molar-refractivity contribution in [3.8, 4) is 0 Å². The van der Waals surface area contributed by atoms with Crippen molar-refractivity contribution in [2.24, 2.45) is 23.7 Å². The Hall–Kier alpha value is 1.20.